The van der Waals surface area contributed by atoms with E-state index in [0.29, 0.717) is 0 Å². The first-order valence-electron chi connectivity index (χ1n) is 10.4. The van der Waals surface area contributed by atoms with Crippen LogP contribution in [0.3, 0.4) is 0 Å². The van der Waals surface area contributed by atoms with E-state index in [2.05, 4.69) is 13.8 Å². The molecule has 0 aliphatic rings. The molecule has 0 aromatic rings. The molecule has 0 heterocycles. The standard InChI is InChI=1S/2C10H21.Cd/c2*1-3-5-7-9-10-8-6-4-2;/h2*1,3-10H2,2H3;. The molecule has 0 aromatic carbocycles. The predicted octanol–water partition coefficient (Wildman–Crippen LogP) is 8.19. The van der Waals surface area contributed by atoms with Crippen LogP contribution in [0.5, 0.6) is 0 Å². The summed E-state index contributed by atoms with van der Waals surface area (Å²) in [5.74, 6) is 0. The summed E-state index contributed by atoms with van der Waals surface area (Å²) in [4.78, 5) is 0. The van der Waals surface area contributed by atoms with E-state index in [1.165, 1.54) is 77.0 Å². The monoisotopic (exact) mass is 396 g/mol. The van der Waals surface area contributed by atoms with Crippen molar-refractivity contribution in [2.75, 3.05) is 0 Å². The Bertz CT molecular complexity index is 149. The summed E-state index contributed by atoms with van der Waals surface area (Å²) in [6.45, 7) is 4.61. The van der Waals surface area contributed by atoms with Crippen molar-refractivity contribution in [2.45, 2.75) is 125 Å². The Morgan fingerprint density at radius 3 is 1.00 bits per heavy atom. The van der Waals surface area contributed by atoms with Crippen LogP contribution in [-0.4, -0.2) is 0 Å². The van der Waals surface area contributed by atoms with Gasteiger partial charge in [0.15, 0.2) is 0 Å². The Balaban J connectivity index is 2.90. The van der Waals surface area contributed by atoms with Gasteiger partial charge in [-0.2, -0.15) is 0 Å². The Hall–Kier alpha value is 0.922. The number of hydrogen-bond donors (Lipinski definition) is 0. The number of rotatable bonds is 18. The molecular weight excluding hydrogens is 353 g/mol. The molecule has 0 rings (SSSR count). The normalized spacial score (nSPS) is 10.8. The maximum absolute atomic E-state index is 2.31. The van der Waals surface area contributed by atoms with E-state index in [-0.39, 0.29) is 24.2 Å². The van der Waals surface area contributed by atoms with Gasteiger partial charge in [-0.1, -0.05) is 0 Å². The molecule has 0 saturated carbocycles. The van der Waals surface area contributed by atoms with Crippen molar-refractivity contribution in [2.24, 2.45) is 0 Å². The van der Waals surface area contributed by atoms with Crippen LogP contribution in [0.25, 0.3) is 0 Å². The summed E-state index contributed by atoms with van der Waals surface area (Å²) in [6, 6.07) is 0. The third kappa shape index (κ3) is 20.9. The average molecular weight is 395 g/mol. The van der Waals surface area contributed by atoms with Gasteiger partial charge in [0.25, 0.3) is 0 Å². The second-order valence-corrected chi connectivity index (χ2v) is 13.1. The summed E-state index contributed by atoms with van der Waals surface area (Å²) >= 11 is -0.286. The van der Waals surface area contributed by atoms with Crippen LogP contribution in [0.1, 0.15) is 117 Å². The van der Waals surface area contributed by atoms with Crippen molar-refractivity contribution in [3.8, 4) is 0 Å². The average Bonchev–Trinajstić information content (AvgIpc) is 2.50. The Morgan fingerprint density at radius 1 is 0.381 bits per heavy atom. The molecule has 0 bridgehead atoms. The molecular formula is C20H42Cd. The fraction of sp³-hybridized carbons (Fsp3) is 1.00. The molecule has 0 aliphatic carbocycles. The van der Waals surface area contributed by atoms with Gasteiger partial charge in [0.1, 0.15) is 0 Å². The topological polar surface area (TPSA) is 0 Å². The summed E-state index contributed by atoms with van der Waals surface area (Å²) in [5.41, 5.74) is 0. The second kappa shape index (κ2) is 20.9. The minimum absolute atomic E-state index is 0.286. The Labute approximate surface area is 148 Å². The molecule has 0 N–H and O–H groups in total. The van der Waals surface area contributed by atoms with Gasteiger partial charge >= 0.3 is 149 Å². The van der Waals surface area contributed by atoms with Gasteiger partial charge in [-0.15, -0.1) is 0 Å². The van der Waals surface area contributed by atoms with Crippen molar-refractivity contribution in [1.82, 2.24) is 0 Å². The quantitative estimate of drug-likeness (QED) is 0.162. The zero-order valence-electron chi connectivity index (χ0n) is 15.4. The summed E-state index contributed by atoms with van der Waals surface area (Å²) in [5, 5.41) is 0. The molecule has 0 nitrogen and oxygen atoms in total. The fourth-order valence-electron chi connectivity index (χ4n) is 3.15. The first-order valence-corrected chi connectivity index (χ1v) is 16.1. The van der Waals surface area contributed by atoms with Gasteiger partial charge < -0.3 is 0 Å². The van der Waals surface area contributed by atoms with Gasteiger partial charge in [0.05, 0.1) is 0 Å². The van der Waals surface area contributed by atoms with Gasteiger partial charge in [-0.05, 0) is 0 Å². The molecule has 0 aromatic heterocycles. The van der Waals surface area contributed by atoms with Crippen molar-refractivity contribution in [3.63, 3.8) is 0 Å². The van der Waals surface area contributed by atoms with Crippen molar-refractivity contribution < 1.29 is 24.2 Å². The summed E-state index contributed by atoms with van der Waals surface area (Å²) < 4.78 is 3.40. The van der Waals surface area contributed by atoms with Gasteiger partial charge in [0.2, 0.25) is 0 Å². The van der Waals surface area contributed by atoms with Crippen molar-refractivity contribution in [3.05, 3.63) is 0 Å². The van der Waals surface area contributed by atoms with Crippen molar-refractivity contribution in [1.29, 1.82) is 0 Å². The second-order valence-electron chi connectivity index (χ2n) is 7.01. The van der Waals surface area contributed by atoms with Gasteiger partial charge in [0, 0.05) is 0 Å². The van der Waals surface area contributed by atoms with Gasteiger partial charge in [-0.25, -0.2) is 0 Å². The molecule has 0 saturated heterocycles. The zero-order chi connectivity index (χ0) is 15.4. The Kier molecular flexibility index (Phi) is 21.8. The van der Waals surface area contributed by atoms with Crippen LogP contribution in [0, 0.1) is 0 Å². The van der Waals surface area contributed by atoms with E-state index >= 15 is 0 Å². The molecule has 0 amide bonds. The van der Waals surface area contributed by atoms with E-state index in [0.717, 1.165) is 0 Å². The SMILES string of the molecule is CCCCCCCCC[CH2][Cd][CH2]CCCCCCCCC. The molecule has 1 heteroatoms. The maximum atomic E-state index is 2.31. The first-order chi connectivity index (χ1) is 10.4. The fourth-order valence-corrected chi connectivity index (χ4v) is 8.20. The van der Waals surface area contributed by atoms with Crippen LogP contribution < -0.4 is 0 Å². The third-order valence-electron chi connectivity index (χ3n) is 4.71. The first kappa shape index (κ1) is 21.9. The van der Waals surface area contributed by atoms with E-state index < -0.39 is 0 Å². The summed E-state index contributed by atoms with van der Waals surface area (Å²) in [6.07, 6.45) is 23.9. The number of hydrogen-bond acceptors (Lipinski definition) is 0. The van der Waals surface area contributed by atoms with Crippen LogP contribution in [0.15, 0.2) is 0 Å². The van der Waals surface area contributed by atoms with Crippen LogP contribution in [0.4, 0.5) is 0 Å². The van der Waals surface area contributed by atoms with Crippen LogP contribution >= 0.6 is 0 Å². The molecule has 0 radical (unpaired) electrons. The molecule has 0 fully saturated rings. The predicted molar refractivity (Wildman–Crippen MR) is 94.8 cm³/mol. The minimum atomic E-state index is -0.286. The van der Waals surface area contributed by atoms with Crippen LogP contribution in [0.2, 0.25) is 7.96 Å². The third-order valence-corrected chi connectivity index (χ3v) is 10.4. The van der Waals surface area contributed by atoms with E-state index in [1.807, 2.05) is 0 Å². The zero-order valence-corrected chi connectivity index (χ0v) is 19.5. The number of unbranched alkanes of at least 4 members (excludes halogenated alkanes) is 14. The van der Waals surface area contributed by atoms with Crippen molar-refractivity contribution >= 4 is 0 Å². The summed E-state index contributed by atoms with van der Waals surface area (Å²) in [7, 11) is 0. The molecule has 0 atom stereocenters. The molecule has 0 aliphatic heterocycles. The van der Waals surface area contributed by atoms with E-state index in [1.54, 1.807) is 33.6 Å². The molecule has 124 valence electrons. The molecule has 21 heavy (non-hydrogen) atoms. The molecule has 0 spiro atoms. The molecule has 0 unspecified atom stereocenters. The Morgan fingerprint density at radius 2 is 0.667 bits per heavy atom. The van der Waals surface area contributed by atoms with Gasteiger partial charge in [-0.3, -0.25) is 0 Å². The van der Waals surface area contributed by atoms with E-state index in [9.17, 15) is 0 Å². The van der Waals surface area contributed by atoms with E-state index in [4.69, 9.17) is 0 Å². The van der Waals surface area contributed by atoms with Crippen LogP contribution in [-0.2, 0) is 24.2 Å².